The van der Waals surface area contributed by atoms with Crippen LogP contribution in [-0.2, 0) is 13.5 Å². The van der Waals surface area contributed by atoms with Crippen molar-refractivity contribution in [1.29, 1.82) is 0 Å². The van der Waals surface area contributed by atoms with Crippen molar-refractivity contribution < 1.29 is 0 Å². The Hall–Kier alpha value is -0.550. The van der Waals surface area contributed by atoms with Crippen LogP contribution in [0.4, 0.5) is 0 Å². The molecular weight excluding hydrogens is 208 g/mol. The summed E-state index contributed by atoms with van der Waals surface area (Å²) >= 11 is 1.93. The molecule has 1 aromatic rings. The van der Waals surface area contributed by atoms with Crippen molar-refractivity contribution >= 4 is 11.8 Å². The van der Waals surface area contributed by atoms with E-state index in [2.05, 4.69) is 23.9 Å². The van der Waals surface area contributed by atoms with E-state index in [0.29, 0.717) is 5.25 Å². The molecule has 0 saturated heterocycles. The van der Waals surface area contributed by atoms with E-state index in [1.165, 1.54) is 6.42 Å². The van der Waals surface area contributed by atoms with Gasteiger partial charge in [-0.15, -0.1) is 0 Å². The molecule has 1 aromatic heterocycles. The van der Waals surface area contributed by atoms with Gasteiger partial charge in [0, 0.05) is 30.5 Å². The average molecular weight is 228 g/mol. The Kier molecular flexibility index (Phi) is 5.11. The molecule has 0 bridgehead atoms. The van der Waals surface area contributed by atoms with Crippen LogP contribution >= 0.6 is 11.8 Å². The fourth-order valence-corrected chi connectivity index (χ4v) is 2.13. The molecule has 0 aliphatic rings. The molecule has 0 aliphatic carbocycles. The molecule has 0 spiro atoms. The third kappa shape index (κ3) is 4.22. The summed E-state index contributed by atoms with van der Waals surface area (Å²) in [7, 11) is 1.90. The highest BCUT2D eigenvalue weighted by atomic mass is 32.2. The molecule has 2 N–H and O–H groups in total. The van der Waals surface area contributed by atoms with Gasteiger partial charge in [0.2, 0.25) is 0 Å². The first-order valence-corrected chi connectivity index (χ1v) is 6.38. The lowest BCUT2D eigenvalue weighted by atomic mass is 10.2. The number of aromatic nitrogens is 3. The zero-order valence-electron chi connectivity index (χ0n) is 9.68. The van der Waals surface area contributed by atoms with Crippen LogP contribution in [-0.4, -0.2) is 31.8 Å². The average Bonchev–Trinajstić information content (AvgIpc) is 2.61. The SMILES string of the molecule is CCC(C)SCC(N)Cc1ncnn1C. The molecule has 0 radical (unpaired) electrons. The lowest BCUT2D eigenvalue weighted by Crippen LogP contribution is -2.27. The predicted molar refractivity (Wildman–Crippen MR) is 64.9 cm³/mol. The van der Waals surface area contributed by atoms with Crippen LogP contribution < -0.4 is 5.73 Å². The van der Waals surface area contributed by atoms with Crippen LogP contribution in [0.25, 0.3) is 0 Å². The van der Waals surface area contributed by atoms with Gasteiger partial charge in [0.15, 0.2) is 0 Å². The Morgan fingerprint density at radius 2 is 2.33 bits per heavy atom. The van der Waals surface area contributed by atoms with E-state index >= 15 is 0 Å². The van der Waals surface area contributed by atoms with E-state index in [-0.39, 0.29) is 6.04 Å². The van der Waals surface area contributed by atoms with Gasteiger partial charge in [0.1, 0.15) is 12.2 Å². The lowest BCUT2D eigenvalue weighted by molar-refractivity contribution is 0.642. The Morgan fingerprint density at radius 1 is 1.60 bits per heavy atom. The first-order chi connectivity index (χ1) is 7.13. The van der Waals surface area contributed by atoms with E-state index in [4.69, 9.17) is 5.73 Å². The molecule has 1 heterocycles. The molecule has 5 heteroatoms. The minimum Gasteiger partial charge on any atom is -0.327 e. The maximum Gasteiger partial charge on any atom is 0.138 e. The monoisotopic (exact) mass is 228 g/mol. The molecule has 0 saturated carbocycles. The number of hydrogen-bond donors (Lipinski definition) is 1. The summed E-state index contributed by atoms with van der Waals surface area (Å²) in [5.41, 5.74) is 6.03. The smallest absolute Gasteiger partial charge is 0.138 e. The molecule has 0 aliphatic heterocycles. The summed E-state index contributed by atoms with van der Waals surface area (Å²) in [5, 5.41) is 4.71. The second kappa shape index (κ2) is 6.12. The van der Waals surface area contributed by atoms with Crippen LogP contribution in [0.1, 0.15) is 26.1 Å². The van der Waals surface area contributed by atoms with E-state index in [0.717, 1.165) is 18.0 Å². The summed E-state index contributed by atoms with van der Waals surface area (Å²) in [6, 6.07) is 0.173. The van der Waals surface area contributed by atoms with Crippen molar-refractivity contribution in [1.82, 2.24) is 14.8 Å². The fourth-order valence-electron chi connectivity index (χ4n) is 1.20. The van der Waals surface area contributed by atoms with Crippen molar-refractivity contribution in [2.24, 2.45) is 12.8 Å². The van der Waals surface area contributed by atoms with Crippen LogP contribution in [0.5, 0.6) is 0 Å². The zero-order valence-corrected chi connectivity index (χ0v) is 10.5. The molecule has 2 atom stereocenters. The predicted octanol–water partition coefficient (Wildman–Crippen LogP) is 1.22. The first kappa shape index (κ1) is 12.5. The van der Waals surface area contributed by atoms with Gasteiger partial charge in [-0.3, -0.25) is 4.68 Å². The number of hydrogen-bond acceptors (Lipinski definition) is 4. The van der Waals surface area contributed by atoms with Crippen molar-refractivity contribution in [3.63, 3.8) is 0 Å². The molecule has 0 aromatic carbocycles. The number of nitrogens with two attached hydrogens (primary N) is 1. The van der Waals surface area contributed by atoms with Crippen molar-refractivity contribution in [3.8, 4) is 0 Å². The summed E-state index contributed by atoms with van der Waals surface area (Å²) in [5.74, 6) is 1.95. The summed E-state index contributed by atoms with van der Waals surface area (Å²) < 4.78 is 1.79. The Morgan fingerprint density at radius 3 is 2.87 bits per heavy atom. The van der Waals surface area contributed by atoms with Gasteiger partial charge in [0.05, 0.1) is 0 Å². The van der Waals surface area contributed by atoms with Gasteiger partial charge in [-0.05, 0) is 6.42 Å². The summed E-state index contributed by atoms with van der Waals surface area (Å²) in [6.07, 6.45) is 3.57. The van der Waals surface area contributed by atoms with Crippen molar-refractivity contribution in [3.05, 3.63) is 12.2 Å². The Balaban J connectivity index is 2.30. The van der Waals surface area contributed by atoms with Crippen LogP contribution in [0, 0.1) is 0 Å². The first-order valence-electron chi connectivity index (χ1n) is 5.33. The van der Waals surface area contributed by atoms with E-state index in [1.807, 2.05) is 18.8 Å². The van der Waals surface area contributed by atoms with E-state index in [1.54, 1.807) is 11.0 Å². The number of nitrogens with zero attached hydrogens (tertiary/aromatic N) is 3. The highest BCUT2D eigenvalue weighted by Crippen LogP contribution is 2.14. The van der Waals surface area contributed by atoms with Gasteiger partial charge in [-0.2, -0.15) is 16.9 Å². The maximum atomic E-state index is 6.03. The van der Waals surface area contributed by atoms with Gasteiger partial charge in [-0.1, -0.05) is 13.8 Å². The quantitative estimate of drug-likeness (QED) is 0.795. The van der Waals surface area contributed by atoms with Gasteiger partial charge in [-0.25, -0.2) is 4.98 Å². The van der Waals surface area contributed by atoms with Crippen molar-refractivity contribution in [2.75, 3.05) is 5.75 Å². The molecule has 2 unspecified atom stereocenters. The van der Waals surface area contributed by atoms with Crippen LogP contribution in [0.3, 0.4) is 0 Å². The molecule has 4 nitrogen and oxygen atoms in total. The van der Waals surface area contributed by atoms with E-state index < -0.39 is 0 Å². The highest BCUT2D eigenvalue weighted by Gasteiger charge is 2.10. The number of rotatable bonds is 6. The van der Waals surface area contributed by atoms with Crippen molar-refractivity contribution in [2.45, 2.75) is 38.0 Å². The molecule has 15 heavy (non-hydrogen) atoms. The lowest BCUT2D eigenvalue weighted by Gasteiger charge is -2.13. The van der Waals surface area contributed by atoms with Gasteiger partial charge >= 0.3 is 0 Å². The standard InChI is InChI=1S/C10H20N4S/c1-4-8(2)15-6-9(11)5-10-12-7-13-14(10)3/h7-9H,4-6,11H2,1-3H3. The largest absolute Gasteiger partial charge is 0.327 e. The van der Waals surface area contributed by atoms with E-state index in [9.17, 15) is 0 Å². The third-order valence-electron chi connectivity index (χ3n) is 2.42. The summed E-state index contributed by atoms with van der Waals surface area (Å²) in [6.45, 7) is 4.44. The third-order valence-corrected chi connectivity index (χ3v) is 3.94. The second-order valence-electron chi connectivity index (χ2n) is 3.82. The number of thioether (sulfide) groups is 1. The maximum absolute atomic E-state index is 6.03. The molecule has 0 fully saturated rings. The molecule has 0 amide bonds. The van der Waals surface area contributed by atoms with Gasteiger partial charge in [0.25, 0.3) is 0 Å². The molecule has 1 rings (SSSR count). The Bertz CT molecular complexity index is 287. The summed E-state index contributed by atoms with van der Waals surface area (Å²) in [4.78, 5) is 4.17. The second-order valence-corrected chi connectivity index (χ2v) is 5.29. The molecule has 86 valence electrons. The topological polar surface area (TPSA) is 56.7 Å². The molecular formula is C10H20N4S. The van der Waals surface area contributed by atoms with Gasteiger partial charge < -0.3 is 5.73 Å². The fraction of sp³-hybridized carbons (Fsp3) is 0.800. The zero-order chi connectivity index (χ0) is 11.3. The van der Waals surface area contributed by atoms with Crippen LogP contribution in [0.2, 0.25) is 0 Å². The normalized spacial score (nSPS) is 15.2. The minimum atomic E-state index is 0.173. The highest BCUT2D eigenvalue weighted by molar-refractivity contribution is 7.99. The van der Waals surface area contributed by atoms with Crippen LogP contribution in [0.15, 0.2) is 6.33 Å². The minimum absolute atomic E-state index is 0.173. The number of aryl methyl sites for hydroxylation is 1. The Labute approximate surface area is 95.6 Å².